The fourth-order valence-electron chi connectivity index (χ4n) is 1.78. The molecule has 3 heteroatoms. The van der Waals surface area contributed by atoms with Gasteiger partial charge in [-0.15, -0.1) is 0 Å². The van der Waals surface area contributed by atoms with Gasteiger partial charge in [0.15, 0.2) is 0 Å². The summed E-state index contributed by atoms with van der Waals surface area (Å²) in [6.07, 6.45) is 3.23. The van der Waals surface area contributed by atoms with Crippen molar-refractivity contribution in [1.29, 1.82) is 0 Å². The van der Waals surface area contributed by atoms with Crippen molar-refractivity contribution in [2.24, 2.45) is 7.05 Å². The third-order valence-electron chi connectivity index (χ3n) is 2.68. The molecule has 1 aromatic carbocycles. The number of carbonyl (C=O) groups is 1. The first-order valence-corrected chi connectivity index (χ1v) is 5.18. The Morgan fingerprint density at radius 1 is 1.31 bits per heavy atom. The molecule has 0 amide bonds. The van der Waals surface area contributed by atoms with Gasteiger partial charge in [-0.25, -0.2) is 4.98 Å². The van der Waals surface area contributed by atoms with Crippen LogP contribution >= 0.6 is 0 Å². The Hall–Kier alpha value is -1.90. The lowest BCUT2D eigenvalue weighted by molar-refractivity contribution is 0.103. The first-order chi connectivity index (χ1) is 7.59. The number of hydrogen-bond donors (Lipinski definition) is 0. The van der Waals surface area contributed by atoms with Crippen LogP contribution in [0.15, 0.2) is 30.7 Å². The zero-order valence-corrected chi connectivity index (χ0v) is 9.69. The summed E-state index contributed by atoms with van der Waals surface area (Å²) in [5, 5.41) is 0. The molecule has 1 aromatic heterocycles. The normalized spacial score (nSPS) is 10.4. The second kappa shape index (κ2) is 3.93. The summed E-state index contributed by atoms with van der Waals surface area (Å²) in [6, 6.07) is 5.85. The summed E-state index contributed by atoms with van der Waals surface area (Å²) in [4.78, 5) is 16.2. The van der Waals surface area contributed by atoms with Gasteiger partial charge < -0.3 is 4.57 Å². The minimum Gasteiger partial charge on any atom is -0.331 e. The Bertz CT molecular complexity index is 541. The molecule has 0 fully saturated rings. The Morgan fingerprint density at radius 2 is 2.06 bits per heavy atom. The van der Waals surface area contributed by atoms with Gasteiger partial charge in [-0.3, -0.25) is 4.79 Å². The molecule has 3 nitrogen and oxygen atoms in total. The second-order valence-electron chi connectivity index (χ2n) is 4.04. The van der Waals surface area contributed by atoms with Crippen molar-refractivity contribution >= 4 is 5.78 Å². The SMILES string of the molecule is Cc1ccc(C(=O)c2cncn2C)c(C)c1. The third-order valence-corrected chi connectivity index (χ3v) is 2.68. The second-order valence-corrected chi connectivity index (χ2v) is 4.04. The highest BCUT2D eigenvalue weighted by Gasteiger charge is 2.14. The Labute approximate surface area is 94.7 Å². The lowest BCUT2D eigenvalue weighted by atomic mass is 10.0. The van der Waals surface area contributed by atoms with Gasteiger partial charge in [0.2, 0.25) is 5.78 Å². The number of nitrogens with zero attached hydrogens (tertiary/aromatic N) is 2. The maximum atomic E-state index is 12.2. The van der Waals surface area contributed by atoms with E-state index in [9.17, 15) is 4.79 Å². The number of imidazole rings is 1. The maximum Gasteiger partial charge on any atom is 0.211 e. The van der Waals surface area contributed by atoms with Gasteiger partial charge in [0.25, 0.3) is 0 Å². The average Bonchev–Trinajstić information content (AvgIpc) is 2.63. The standard InChI is InChI=1S/C13H14N2O/c1-9-4-5-11(10(2)6-9)13(16)12-7-14-8-15(12)3/h4-8H,1-3H3. The predicted octanol–water partition coefficient (Wildman–Crippen LogP) is 2.27. The monoisotopic (exact) mass is 214 g/mol. The minimum atomic E-state index is 0.0255. The summed E-state index contributed by atoms with van der Waals surface area (Å²) in [7, 11) is 1.82. The van der Waals surface area contributed by atoms with Crippen LogP contribution in [0.1, 0.15) is 27.2 Å². The van der Waals surface area contributed by atoms with Crippen LogP contribution in [-0.4, -0.2) is 15.3 Å². The molecule has 0 saturated carbocycles. The van der Waals surface area contributed by atoms with Gasteiger partial charge in [-0.2, -0.15) is 0 Å². The molecule has 0 radical (unpaired) electrons. The molecular weight excluding hydrogens is 200 g/mol. The smallest absolute Gasteiger partial charge is 0.211 e. The van der Waals surface area contributed by atoms with E-state index in [4.69, 9.17) is 0 Å². The highest BCUT2D eigenvalue weighted by atomic mass is 16.1. The van der Waals surface area contributed by atoms with E-state index in [1.54, 1.807) is 17.1 Å². The van der Waals surface area contributed by atoms with Crippen molar-refractivity contribution in [3.05, 3.63) is 53.1 Å². The number of hydrogen-bond acceptors (Lipinski definition) is 2. The third kappa shape index (κ3) is 1.76. The van der Waals surface area contributed by atoms with Gasteiger partial charge >= 0.3 is 0 Å². The molecule has 82 valence electrons. The number of rotatable bonds is 2. The van der Waals surface area contributed by atoms with Crippen LogP contribution in [0.2, 0.25) is 0 Å². The fourth-order valence-corrected chi connectivity index (χ4v) is 1.78. The summed E-state index contributed by atoms with van der Waals surface area (Å²) in [5.74, 6) is 0.0255. The number of carbonyl (C=O) groups excluding carboxylic acids is 1. The fraction of sp³-hybridized carbons (Fsp3) is 0.231. The first kappa shape index (κ1) is 10.6. The summed E-state index contributed by atoms with van der Waals surface area (Å²) in [6.45, 7) is 3.97. The largest absolute Gasteiger partial charge is 0.331 e. The molecule has 0 aliphatic carbocycles. The molecule has 0 aliphatic rings. The number of benzene rings is 1. The predicted molar refractivity (Wildman–Crippen MR) is 62.6 cm³/mol. The molecule has 0 atom stereocenters. The van der Waals surface area contributed by atoms with E-state index >= 15 is 0 Å². The topological polar surface area (TPSA) is 34.9 Å². The van der Waals surface area contributed by atoms with Crippen LogP contribution in [0.4, 0.5) is 0 Å². The summed E-state index contributed by atoms with van der Waals surface area (Å²) >= 11 is 0. The van der Waals surface area contributed by atoms with E-state index in [1.165, 1.54) is 5.56 Å². The quantitative estimate of drug-likeness (QED) is 0.719. The number of aryl methyl sites for hydroxylation is 3. The average molecular weight is 214 g/mol. The van der Waals surface area contributed by atoms with Gasteiger partial charge in [0.1, 0.15) is 5.69 Å². The van der Waals surface area contributed by atoms with Gasteiger partial charge in [0, 0.05) is 12.6 Å². The van der Waals surface area contributed by atoms with Crippen molar-refractivity contribution in [1.82, 2.24) is 9.55 Å². The maximum absolute atomic E-state index is 12.2. The van der Waals surface area contributed by atoms with Crippen molar-refractivity contribution in [3.63, 3.8) is 0 Å². The zero-order chi connectivity index (χ0) is 11.7. The summed E-state index contributed by atoms with van der Waals surface area (Å²) < 4.78 is 1.74. The Balaban J connectivity index is 2.46. The molecule has 0 unspecified atom stereocenters. The van der Waals surface area contributed by atoms with E-state index < -0.39 is 0 Å². The van der Waals surface area contributed by atoms with Crippen molar-refractivity contribution < 1.29 is 4.79 Å². The van der Waals surface area contributed by atoms with Crippen LogP contribution in [0, 0.1) is 13.8 Å². The van der Waals surface area contributed by atoms with E-state index in [0.29, 0.717) is 5.69 Å². The zero-order valence-electron chi connectivity index (χ0n) is 9.69. The van der Waals surface area contributed by atoms with Gasteiger partial charge in [-0.1, -0.05) is 23.8 Å². The molecule has 0 saturated heterocycles. The van der Waals surface area contributed by atoms with Gasteiger partial charge in [0.05, 0.1) is 12.5 Å². The van der Waals surface area contributed by atoms with E-state index in [0.717, 1.165) is 11.1 Å². The minimum absolute atomic E-state index is 0.0255. The van der Waals surface area contributed by atoms with Gasteiger partial charge in [-0.05, 0) is 19.4 Å². The highest BCUT2D eigenvalue weighted by Crippen LogP contribution is 2.15. The Morgan fingerprint density at radius 3 is 2.62 bits per heavy atom. The molecule has 0 bridgehead atoms. The van der Waals surface area contributed by atoms with Crippen molar-refractivity contribution in [2.75, 3.05) is 0 Å². The highest BCUT2D eigenvalue weighted by molar-refractivity contribution is 6.08. The molecule has 0 N–H and O–H groups in total. The van der Waals surface area contributed by atoms with Crippen LogP contribution < -0.4 is 0 Å². The molecule has 16 heavy (non-hydrogen) atoms. The van der Waals surface area contributed by atoms with E-state index in [1.807, 2.05) is 39.1 Å². The molecule has 2 rings (SSSR count). The van der Waals surface area contributed by atoms with Crippen molar-refractivity contribution in [2.45, 2.75) is 13.8 Å². The van der Waals surface area contributed by atoms with Crippen molar-refractivity contribution in [3.8, 4) is 0 Å². The molecule has 0 spiro atoms. The molecule has 1 heterocycles. The molecular formula is C13H14N2O. The number of aromatic nitrogens is 2. The van der Waals surface area contributed by atoms with Crippen LogP contribution in [0.3, 0.4) is 0 Å². The number of ketones is 1. The lowest BCUT2D eigenvalue weighted by Gasteiger charge is -2.06. The molecule has 0 aliphatic heterocycles. The molecule has 2 aromatic rings. The van der Waals surface area contributed by atoms with Crippen LogP contribution in [0.25, 0.3) is 0 Å². The van der Waals surface area contributed by atoms with E-state index in [-0.39, 0.29) is 5.78 Å². The van der Waals surface area contributed by atoms with E-state index in [2.05, 4.69) is 4.98 Å². The van der Waals surface area contributed by atoms with Crippen LogP contribution in [-0.2, 0) is 7.05 Å². The lowest BCUT2D eigenvalue weighted by Crippen LogP contribution is -2.08. The Kier molecular flexibility index (Phi) is 2.60. The first-order valence-electron chi connectivity index (χ1n) is 5.18. The summed E-state index contributed by atoms with van der Waals surface area (Å²) in [5.41, 5.74) is 3.53. The van der Waals surface area contributed by atoms with Crippen LogP contribution in [0.5, 0.6) is 0 Å².